The largest absolute Gasteiger partial charge is 0.345 e. The zero-order valence-electron chi connectivity index (χ0n) is 11.4. The predicted molar refractivity (Wildman–Crippen MR) is 82.4 cm³/mol. The summed E-state index contributed by atoms with van der Waals surface area (Å²) in [6, 6.07) is 19.4. The zero-order valence-corrected chi connectivity index (χ0v) is 14.3. The van der Waals surface area contributed by atoms with Crippen LogP contribution < -0.4 is 0 Å². The quantitative estimate of drug-likeness (QED) is 0.412. The first-order valence-corrected chi connectivity index (χ1v) is 6.47. The normalized spacial score (nSPS) is 11.1. The fraction of sp³-hybridized carbons (Fsp3) is 0.0556. The first-order chi connectivity index (χ1) is 9.25. The van der Waals surface area contributed by atoms with Gasteiger partial charge in [-0.3, -0.25) is 0 Å². The summed E-state index contributed by atoms with van der Waals surface area (Å²) in [4.78, 5) is 0. The molecule has 1 aromatic heterocycles. The molecular formula is C18H14NY-. The van der Waals surface area contributed by atoms with E-state index in [4.69, 9.17) is 0 Å². The molecule has 0 saturated heterocycles. The molecule has 0 amide bonds. The summed E-state index contributed by atoms with van der Waals surface area (Å²) in [5.74, 6) is 0. The molecule has 95 valence electrons. The summed E-state index contributed by atoms with van der Waals surface area (Å²) in [5.41, 5.74) is 3.60. The summed E-state index contributed by atoms with van der Waals surface area (Å²) < 4.78 is 2.26. The summed E-state index contributed by atoms with van der Waals surface area (Å²) in [5, 5.41) is 5.23. The van der Waals surface area contributed by atoms with Crippen molar-refractivity contribution in [1.82, 2.24) is 4.57 Å². The van der Waals surface area contributed by atoms with Crippen LogP contribution in [-0.2, 0) is 39.8 Å². The molecule has 4 aromatic rings. The van der Waals surface area contributed by atoms with Crippen LogP contribution in [0.1, 0.15) is 5.56 Å². The van der Waals surface area contributed by atoms with Crippen LogP contribution in [0, 0.1) is 6.92 Å². The molecule has 1 heterocycles. The van der Waals surface area contributed by atoms with Crippen molar-refractivity contribution in [3.63, 3.8) is 0 Å². The number of fused-ring (bicyclic) bond motifs is 5. The van der Waals surface area contributed by atoms with Gasteiger partial charge in [-0.05, 0) is 22.2 Å². The Morgan fingerprint density at radius 2 is 1.60 bits per heavy atom. The predicted octanol–water partition coefficient (Wildman–Crippen LogP) is 4.66. The van der Waals surface area contributed by atoms with Gasteiger partial charge in [-0.2, -0.15) is 24.6 Å². The number of rotatable bonds is 0. The average molecular weight is 333 g/mol. The van der Waals surface area contributed by atoms with Crippen molar-refractivity contribution in [3.05, 3.63) is 67.1 Å². The van der Waals surface area contributed by atoms with E-state index in [9.17, 15) is 0 Å². The average Bonchev–Trinajstić information content (AvgIpc) is 2.72. The third-order valence-corrected chi connectivity index (χ3v) is 3.96. The first kappa shape index (κ1) is 13.7. The molecule has 20 heavy (non-hydrogen) atoms. The van der Waals surface area contributed by atoms with Crippen molar-refractivity contribution in [3.8, 4) is 0 Å². The van der Waals surface area contributed by atoms with Crippen LogP contribution in [0.15, 0.2) is 54.6 Å². The van der Waals surface area contributed by atoms with Gasteiger partial charge in [0.15, 0.2) is 0 Å². The van der Waals surface area contributed by atoms with Crippen LogP contribution in [0.4, 0.5) is 0 Å². The van der Waals surface area contributed by atoms with E-state index in [-0.39, 0.29) is 32.7 Å². The Morgan fingerprint density at radius 3 is 2.45 bits per heavy atom. The van der Waals surface area contributed by atoms with Crippen LogP contribution >= 0.6 is 0 Å². The maximum atomic E-state index is 4.06. The molecule has 1 nitrogen and oxygen atoms in total. The maximum absolute atomic E-state index is 4.06. The van der Waals surface area contributed by atoms with Gasteiger partial charge in [0.2, 0.25) is 0 Å². The van der Waals surface area contributed by atoms with Gasteiger partial charge in [-0.25, -0.2) is 0 Å². The molecule has 0 spiro atoms. The molecular weight excluding hydrogens is 319 g/mol. The smallest absolute Gasteiger partial charge is 0.0483 e. The van der Waals surface area contributed by atoms with E-state index >= 15 is 0 Å². The van der Waals surface area contributed by atoms with Gasteiger partial charge in [0, 0.05) is 56.2 Å². The number of aromatic nitrogens is 1. The Kier molecular flexibility index (Phi) is 3.35. The Labute approximate surface area is 143 Å². The summed E-state index contributed by atoms with van der Waals surface area (Å²) in [6.45, 7) is 4.06. The minimum atomic E-state index is 0. The van der Waals surface area contributed by atoms with Crippen molar-refractivity contribution in [2.75, 3.05) is 0 Å². The van der Waals surface area contributed by atoms with E-state index in [2.05, 4.69) is 73.1 Å². The summed E-state index contributed by atoms with van der Waals surface area (Å²) in [6.07, 6.45) is 0. The second-order valence-corrected chi connectivity index (χ2v) is 5.09. The molecule has 0 atom stereocenters. The third-order valence-electron chi connectivity index (χ3n) is 3.96. The van der Waals surface area contributed by atoms with Gasteiger partial charge in [0.1, 0.15) is 0 Å². The molecule has 0 N–H and O–H groups in total. The molecule has 4 rings (SSSR count). The summed E-state index contributed by atoms with van der Waals surface area (Å²) >= 11 is 0. The summed E-state index contributed by atoms with van der Waals surface area (Å²) in [7, 11) is 2.13. The number of hydrogen-bond acceptors (Lipinski definition) is 0. The molecule has 0 fully saturated rings. The Morgan fingerprint density at radius 1 is 0.850 bits per heavy atom. The Hall–Kier alpha value is -1.31. The van der Waals surface area contributed by atoms with Crippen molar-refractivity contribution in [2.24, 2.45) is 7.05 Å². The fourth-order valence-corrected chi connectivity index (χ4v) is 3.03. The minimum absolute atomic E-state index is 0. The molecule has 0 bridgehead atoms. The fourth-order valence-electron chi connectivity index (χ4n) is 3.03. The maximum Gasteiger partial charge on any atom is 0.0483 e. The molecule has 1 radical (unpaired) electrons. The number of hydrogen-bond donors (Lipinski definition) is 0. The monoisotopic (exact) mass is 333 g/mol. The Balaban J connectivity index is 0.00000121. The van der Waals surface area contributed by atoms with Gasteiger partial charge >= 0.3 is 0 Å². The van der Waals surface area contributed by atoms with Gasteiger partial charge in [-0.15, -0.1) is 0 Å². The van der Waals surface area contributed by atoms with E-state index in [1.54, 1.807) is 0 Å². The Bertz CT molecular complexity index is 934. The topological polar surface area (TPSA) is 4.93 Å². The van der Waals surface area contributed by atoms with E-state index in [1.165, 1.54) is 32.6 Å². The number of nitrogens with zero attached hydrogens (tertiary/aromatic N) is 1. The standard InChI is InChI=1S/C18H14N.Y/c1-12-7-9-16-15(11-12)18-14-6-4-3-5-13(14)8-10-17(18)19(16)2;/h3-11H,1H2,2H3;/q-1;. The number of aryl methyl sites for hydroxylation is 1. The minimum Gasteiger partial charge on any atom is -0.345 e. The molecule has 2 heteroatoms. The van der Waals surface area contributed by atoms with Crippen molar-refractivity contribution < 1.29 is 32.7 Å². The van der Waals surface area contributed by atoms with Gasteiger partial charge in [0.25, 0.3) is 0 Å². The molecule has 3 aromatic carbocycles. The van der Waals surface area contributed by atoms with Crippen molar-refractivity contribution in [1.29, 1.82) is 0 Å². The molecule has 0 aliphatic rings. The van der Waals surface area contributed by atoms with Crippen LogP contribution in [-0.4, -0.2) is 4.57 Å². The van der Waals surface area contributed by atoms with Crippen molar-refractivity contribution in [2.45, 2.75) is 0 Å². The zero-order chi connectivity index (χ0) is 13.0. The van der Waals surface area contributed by atoms with Crippen LogP contribution in [0.5, 0.6) is 0 Å². The first-order valence-electron chi connectivity index (χ1n) is 6.47. The van der Waals surface area contributed by atoms with Crippen LogP contribution in [0.25, 0.3) is 32.6 Å². The van der Waals surface area contributed by atoms with Crippen LogP contribution in [0.2, 0.25) is 0 Å². The third kappa shape index (κ3) is 1.81. The molecule has 0 saturated carbocycles. The SMILES string of the molecule is [CH2-]c1ccc2c(c1)c1c3ccccc3ccc1n2C.[Y]. The number of benzene rings is 3. The van der Waals surface area contributed by atoms with E-state index in [0.717, 1.165) is 5.56 Å². The molecule has 0 unspecified atom stereocenters. The van der Waals surface area contributed by atoms with Gasteiger partial charge < -0.3 is 4.57 Å². The second kappa shape index (κ2) is 4.91. The van der Waals surface area contributed by atoms with E-state index in [1.807, 2.05) is 0 Å². The van der Waals surface area contributed by atoms with Gasteiger partial charge in [0.05, 0.1) is 0 Å². The van der Waals surface area contributed by atoms with Crippen LogP contribution in [0.3, 0.4) is 0 Å². The molecule has 0 aliphatic carbocycles. The second-order valence-electron chi connectivity index (χ2n) is 5.09. The van der Waals surface area contributed by atoms with E-state index in [0.29, 0.717) is 0 Å². The van der Waals surface area contributed by atoms with E-state index < -0.39 is 0 Å². The van der Waals surface area contributed by atoms with Crippen molar-refractivity contribution >= 4 is 32.6 Å². The molecule has 0 aliphatic heterocycles. The van der Waals surface area contributed by atoms with Gasteiger partial charge in [-0.1, -0.05) is 36.4 Å².